The molecule has 5 heteroatoms. The molecule has 0 bridgehead atoms. The van der Waals surface area contributed by atoms with Gasteiger partial charge in [-0.1, -0.05) is 43.5 Å². The van der Waals surface area contributed by atoms with E-state index in [0.29, 0.717) is 11.7 Å². The molecule has 136 valence electrons. The van der Waals surface area contributed by atoms with Gasteiger partial charge in [0, 0.05) is 18.1 Å². The molecule has 1 aliphatic rings. The van der Waals surface area contributed by atoms with Crippen molar-refractivity contribution in [2.45, 2.75) is 38.0 Å². The van der Waals surface area contributed by atoms with Gasteiger partial charge in [0.2, 0.25) is 0 Å². The number of hydrogen-bond acceptors (Lipinski definition) is 4. The average molecular weight is 357 g/mol. The summed E-state index contributed by atoms with van der Waals surface area (Å²) in [5.74, 6) is 2.22. The lowest BCUT2D eigenvalue weighted by Crippen LogP contribution is -2.14. The van der Waals surface area contributed by atoms with Crippen LogP contribution >= 0.6 is 0 Å². The highest BCUT2D eigenvalue weighted by Gasteiger charge is 2.18. The van der Waals surface area contributed by atoms with E-state index in [1.54, 1.807) is 6.33 Å². The molecule has 1 saturated carbocycles. The SMILES string of the molecule is CN(c1cccc(C2CCCCC2)c1)c1nc2nncn2c2ccccc12. The van der Waals surface area contributed by atoms with Crippen LogP contribution < -0.4 is 4.90 Å². The molecule has 2 aromatic carbocycles. The normalized spacial score (nSPS) is 15.4. The van der Waals surface area contributed by atoms with Gasteiger partial charge in [0.15, 0.2) is 0 Å². The van der Waals surface area contributed by atoms with Crippen LogP contribution in [0.15, 0.2) is 54.9 Å². The number of hydrogen-bond donors (Lipinski definition) is 0. The van der Waals surface area contributed by atoms with E-state index in [0.717, 1.165) is 16.7 Å². The van der Waals surface area contributed by atoms with E-state index in [2.05, 4.69) is 64.6 Å². The molecule has 0 spiro atoms. The Labute approximate surface area is 158 Å². The molecule has 5 rings (SSSR count). The van der Waals surface area contributed by atoms with Crippen LogP contribution in [0, 0.1) is 0 Å². The second-order valence-electron chi connectivity index (χ2n) is 7.44. The molecular formula is C22H23N5. The van der Waals surface area contributed by atoms with Crippen molar-refractivity contribution in [1.82, 2.24) is 19.6 Å². The smallest absolute Gasteiger partial charge is 0.257 e. The van der Waals surface area contributed by atoms with E-state index in [9.17, 15) is 0 Å². The van der Waals surface area contributed by atoms with Gasteiger partial charge in [-0.25, -0.2) is 0 Å². The van der Waals surface area contributed by atoms with Gasteiger partial charge in [0.1, 0.15) is 12.1 Å². The average Bonchev–Trinajstić information content (AvgIpc) is 3.22. The Morgan fingerprint density at radius 1 is 1.00 bits per heavy atom. The van der Waals surface area contributed by atoms with E-state index in [1.165, 1.54) is 43.4 Å². The highest BCUT2D eigenvalue weighted by atomic mass is 15.3. The van der Waals surface area contributed by atoms with Crippen LogP contribution in [-0.4, -0.2) is 26.6 Å². The third kappa shape index (κ3) is 2.83. The number of benzene rings is 2. The summed E-state index contributed by atoms with van der Waals surface area (Å²) in [6.07, 6.45) is 8.41. The molecule has 2 aromatic heterocycles. The number of rotatable bonds is 3. The molecular weight excluding hydrogens is 334 g/mol. The maximum Gasteiger partial charge on any atom is 0.257 e. The van der Waals surface area contributed by atoms with Crippen LogP contribution in [0.2, 0.25) is 0 Å². The Balaban J connectivity index is 1.60. The van der Waals surface area contributed by atoms with Crippen molar-refractivity contribution in [3.05, 3.63) is 60.4 Å². The summed E-state index contributed by atoms with van der Waals surface area (Å²) in [5, 5.41) is 9.30. The lowest BCUT2D eigenvalue weighted by molar-refractivity contribution is 0.443. The summed E-state index contributed by atoms with van der Waals surface area (Å²) in [6.45, 7) is 0. The third-order valence-electron chi connectivity index (χ3n) is 5.79. The summed E-state index contributed by atoms with van der Waals surface area (Å²) in [5.41, 5.74) is 3.68. The highest BCUT2D eigenvalue weighted by molar-refractivity contribution is 5.93. The highest BCUT2D eigenvalue weighted by Crippen LogP contribution is 2.36. The van der Waals surface area contributed by atoms with Gasteiger partial charge in [-0.05, 0) is 48.6 Å². The van der Waals surface area contributed by atoms with Crippen LogP contribution in [-0.2, 0) is 0 Å². The Bertz CT molecular complexity index is 1090. The second-order valence-corrected chi connectivity index (χ2v) is 7.44. The molecule has 0 amide bonds. The number of para-hydroxylation sites is 1. The number of aromatic nitrogens is 4. The Morgan fingerprint density at radius 2 is 1.85 bits per heavy atom. The van der Waals surface area contributed by atoms with Crippen LogP contribution in [0.25, 0.3) is 16.7 Å². The molecule has 0 unspecified atom stereocenters. The lowest BCUT2D eigenvalue weighted by Gasteiger charge is -2.25. The summed E-state index contributed by atoms with van der Waals surface area (Å²) in [6, 6.07) is 17.2. The minimum Gasteiger partial charge on any atom is -0.329 e. The van der Waals surface area contributed by atoms with Crippen molar-refractivity contribution < 1.29 is 0 Å². The van der Waals surface area contributed by atoms with Gasteiger partial charge < -0.3 is 4.90 Å². The summed E-state index contributed by atoms with van der Waals surface area (Å²) < 4.78 is 1.94. The molecule has 2 heterocycles. The molecule has 1 aliphatic carbocycles. The van der Waals surface area contributed by atoms with Gasteiger partial charge in [-0.3, -0.25) is 4.40 Å². The predicted molar refractivity (Wildman–Crippen MR) is 109 cm³/mol. The molecule has 0 N–H and O–H groups in total. The van der Waals surface area contributed by atoms with Crippen molar-refractivity contribution in [1.29, 1.82) is 0 Å². The summed E-state index contributed by atoms with van der Waals surface area (Å²) in [4.78, 5) is 6.97. The lowest BCUT2D eigenvalue weighted by atomic mass is 9.84. The molecule has 0 radical (unpaired) electrons. The Morgan fingerprint density at radius 3 is 2.74 bits per heavy atom. The van der Waals surface area contributed by atoms with Gasteiger partial charge in [-0.2, -0.15) is 4.98 Å². The van der Waals surface area contributed by atoms with Crippen LogP contribution in [0.3, 0.4) is 0 Å². The van der Waals surface area contributed by atoms with Gasteiger partial charge in [-0.15, -0.1) is 10.2 Å². The summed E-state index contributed by atoms with van der Waals surface area (Å²) >= 11 is 0. The van der Waals surface area contributed by atoms with Crippen LogP contribution in [0.5, 0.6) is 0 Å². The first kappa shape index (κ1) is 16.2. The molecule has 4 aromatic rings. The molecule has 0 atom stereocenters. The van der Waals surface area contributed by atoms with Gasteiger partial charge in [0.25, 0.3) is 5.78 Å². The molecule has 0 aliphatic heterocycles. The van der Waals surface area contributed by atoms with E-state index in [4.69, 9.17) is 4.98 Å². The first-order valence-corrected chi connectivity index (χ1v) is 9.73. The Kier molecular flexibility index (Phi) is 4.00. The van der Waals surface area contributed by atoms with E-state index >= 15 is 0 Å². The zero-order valence-corrected chi connectivity index (χ0v) is 15.5. The van der Waals surface area contributed by atoms with E-state index in [1.807, 2.05) is 10.5 Å². The third-order valence-corrected chi connectivity index (χ3v) is 5.79. The number of fused-ring (bicyclic) bond motifs is 3. The van der Waals surface area contributed by atoms with E-state index < -0.39 is 0 Å². The van der Waals surface area contributed by atoms with Crippen molar-refractivity contribution in [3.8, 4) is 0 Å². The molecule has 1 fully saturated rings. The topological polar surface area (TPSA) is 46.3 Å². The quantitative estimate of drug-likeness (QED) is 0.512. The first-order valence-electron chi connectivity index (χ1n) is 9.73. The zero-order valence-electron chi connectivity index (χ0n) is 15.5. The minimum atomic E-state index is 0.624. The fourth-order valence-corrected chi connectivity index (χ4v) is 4.30. The maximum atomic E-state index is 4.80. The van der Waals surface area contributed by atoms with Gasteiger partial charge >= 0.3 is 0 Å². The summed E-state index contributed by atoms with van der Waals surface area (Å²) in [7, 11) is 2.08. The van der Waals surface area contributed by atoms with Crippen molar-refractivity contribution in [2.24, 2.45) is 0 Å². The van der Waals surface area contributed by atoms with Crippen molar-refractivity contribution in [2.75, 3.05) is 11.9 Å². The molecule has 27 heavy (non-hydrogen) atoms. The van der Waals surface area contributed by atoms with Crippen molar-refractivity contribution >= 4 is 28.2 Å². The Hall–Kier alpha value is -2.95. The number of nitrogens with zero attached hydrogens (tertiary/aromatic N) is 5. The maximum absolute atomic E-state index is 4.80. The molecule has 0 saturated heterocycles. The monoisotopic (exact) mass is 357 g/mol. The van der Waals surface area contributed by atoms with Crippen LogP contribution in [0.1, 0.15) is 43.6 Å². The largest absolute Gasteiger partial charge is 0.329 e. The fraction of sp³-hybridized carbons (Fsp3) is 0.318. The number of anilines is 2. The zero-order chi connectivity index (χ0) is 18.2. The fourth-order valence-electron chi connectivity index (χ4n) is 4.30. The van der Waals surface area contributed by atoms with Crippen molar-refractivity contribution in [3.63, 3.8) is 0 Å². The van der Waals surface area contributed by atoms with Gasteiger partial charge in [0.05, 0.1) is 5.52 Å². The minimum absolute atomic E-state index is 0.624. The second kappa shape index (κ2) is 6.65. The molecule has 5 nitrogen and oxygen atoms in total. The van der Waals surface area contributed by atoms with Crippen LogP contribution in [0.4, 0.5) is 11.5 Å². The first-order chi connectivity index (χ1) is 13.3. The predicted octanol–water partition coefficient (Wildman–Crippen LogP) is 5.09. The standard InChI is InChI=1S/C22H23N5/c1-26(18-11-7-10-17(14-18)16-8-3-2-4-9-16)21-19-12-5-6-13-20(19)27-15-23-25-22(27)24-21/h5-7,10-16H,2-4,8-9H2,1H3. The van der Waals surface area contributed by atoms with E-state index in [-0.39, 0.29) is 0 Å².